The lowest BCUT2D eigenvalue weighted by molar-refractivity contribution is -0.199. The van der Waals surface area contributed by atoms with Gasteiger partial charge in [-0.25, -0.2) is 4.57 Å². The van der Waals surface area contributed by atoms with Crippen molar-refractivity contribution < 1.29 is 57.6 Å². The van der Waals surface area contributed by atoms with Crippen molar-refractivity contribution in [2.24, 2.45) is 11.7 Å². The van der Waals surface area contributed by atoms with E-state index in [9.17, 15) is 34.4 Å². The van der Waals surface area contributed by atoms with Crippen molar-refractivity contribution in [3.05, 3.63) is 36.5 Å². The molecular weight excluding hydrogens is 729 g/mol. The molecule has 0 aliphatic carbocycles. The Morgan fingerprint density at radius 3 is 2.15 bits per heavy atom. The molecule has 2 unspecified atom stereocenters. The van der Waals surface area contributed by atoms with E-state index in [4.69, 9.17) is 29.0 Å². The van der Waals surface area contributed by atoms with Gasteiger partial charge in [-0.1, -0.05) is 108 Å². The van der Waals surface area contributed by atoms with Crippen LogP contribution in [0.1, 0.15) is 149 Å². The first-order valence-corrected chi connectivity index (χ1v) is 22.4. The van der Waals surface area contributed by atoms with Crippen LogP contribution in [0, 0.1) is 5.92 Å². The predicted molar refractivity (Wildman–Crippen MR) is 214 cm³/mol. The van der Waals surface area contributed by atoms with E-state index < -0.39 is 57.1 Å². The summed E-state index contributed by atoms with van der Waals surface area (Å²) in [7, 11) is -4.45. The van der Waals surface area contributed by atoms with E-state index in [1.807, 2.05) is 12.2 Å². The maximum atomic E-state index is 12.7. The SMILES string of the molecule is CCCCCC/C=C\CCCCCCCC(=O)OC[C@H](COP(=O)(O)OCCN)OC(=O)CCC/C=C\C[C@H]1[C@@H](O)CC(O)O[C@@H]1/C=C/[C@@H](O)CCCCC. The monoisotopic (exact) mass is 803 g/mol. The van der Waals surface area contributed by atoms with Gasteiger partial charge in [-0.15, -0.1) is 0 Å². The summed E-state index contributed by atoms with van der Waals surface area (Å²) < 4.78 is 38.3. The van der Waals surface area contributed by atoms with Crippen LogP contribution in [0.5, 0.6) is 0 Å². The van der Waals surface area contributed by atoms with Crippen LogP contribution in [0.25, 0.3) is 0 Å². The number of phosphoric ester groups is 1. The summed E-state index contributed by atoms with van der Waals surface area (Å²) in [6.07, 6.45) is 25.1. The predicted octanol–water partition coefficient (Wildman–Crippen LogP) is 7.49. The van der Waals surface area contributed by atoms with Gasteiger partial charge in [-0.05, 0) is 57.8 Å². The van der Waals surface area contributed by atoms with Crippen LogP contribution in [-0.2, 0) is 37.4 Å². The molecule has 14 heteroatoms. The number of ether oxygens (including phenoxy) is 3. The number of esters is 2. The van der Waals surface area contributed by atoms with E-state index in [1.165, 1.54) is 25.7 Å². The average molecular weight is 804 g/mol. The van der Waals surface area contributed by atoms with Gasteiger partial charge < -0.3 is 40.2 Å². The Bertz CT molecular complexity index is 1120. The van der Waals surface area contributed by atoms with Crippen molar-refractivity contribution in [2.75, 3.05) is 26.4 Å². The van der Waals surface area contributed by atoms with E-state index in [-0.39, 0.29) is 44.9 Å². The number of rotatable bonds is 34. The van der Waals surface area contributed by atoms with Gasteiger partial charge in [0.05, 0.1) is 31.5 Å². The third-order valence-electron chi connectivity index (χ3n) is 9.29. The van der Waals surface area contributed by atoms with Crippen molar-refractivity contribution >= 4 is 19.8 Å². The molecule has 13 nitrogen and oxygen atoms in total. The molecule has 1 heterocycles. The Labute approximate surface area is 330 Å². The van der Waals surface area contributed by atoms with Gasteiger partial charge in [0.25, 0.3) is 0 Å². The molecule has 0 aromatic rings. The lowest BCUT2D eigenvalue weighted by Crippen LogP contribution is -2.43. The van der Waals surface area contributed by atoms with Crippen molar-refractivity contribution in [1.29, 1.82) is 0 Å². The third-order valence-corrected chi connectivity index (χ3v) is 10.3. The second-order valence-corrected chi connectivity index (χ2v) is 15.8. The highest BCUT2D eigenvalue weighted by Gasteiger charge is 2.35. The average Bonchev–Trinajstić information content (AvgIpc) is 3.15. The molecule has 1 aliphatic heterocycles. The maximum Gasteiger partial charge on any atom is 0.472 e. The molecule has 1 rings (SSSR count). The van der Waals surface area contributed by atoms with Gasteiger partial charge in [0.15, 0.2) is 12.4 Å². The summed E-state index contributed by atoms with van der Waals surface area (Å²) in [5.74, 6) is -1.36. The quantitative estimate of drug-likeness (QED) is 0.0185. The Morgan fingerprint density at radius 2 is 1.44 bits per heavy atom. The van der Waals surface area contributed by atoms with Gasteiger partial charge in [0, 0.05) is 31.7 Å². The summed E-state index contributed by atoms with van der Waals surface area (Å²) in [6, 6.07) is 0. The molecule has 1 aliphatic rings. The molecule has 0 bridgehead atoms. The molecule has 1 saturated heterocycles. The molecule has 0 spiro atoms. The van der Waals surface area contributed by atoms with Crippen LogP contribution in [0.3, 0.4) is 0 Å². The fourth-order valence-electron chi connectivity index (χ4n) is 6.08. The number of carbonyl (C=O) groups excluding carboxylic acids is 2. The molecule has 0 aromatic carbocycles. The molecule has 0 radical (unpaired) electrons. The van der Waals surface area contributed by atoms with Crippen LogP contribution in [0.2, 0.25) is 0 Å². The second kappa shape index (κ2) is 33.1. The van der Waals surface area contributed by atoms with Crippen molar-refractivity contribution in [2.45, 2.75) is 179 Å². The minimum Gasteiger partial charge on any atom is -0.462 e. The van der Waals surface area contributed by atoms with Gasteiger partial charge >= 0.3 is 19.8 Å². The van der Waals surface area contributed by atoms with Crippen LogP contribution in [0.15, 0.2) is 36.5 Å². The van der Waals surface area contributed by atoms with E-state index in [0.717, 1.165) is 57.8 Å². The first-order valence-electron chi connectivity index (χ1n) is 20.9. The van der Waals surface area contributed by atoms with Gasteiger partial charge in [-0.2, -0.15) is 0 Å². The summed E-state index contributed by atoms with van der Waals surface area (Å²) >= 11 is 0. The first kappa shape index (κ1) is 51.1. The Kier molecular flexibility index (Phi) is 30.7. The fourth-order valence-corrected chi connectivity index (χ4v) is 6.84. The summed E-state index contributed by atoms with van der Waals surface area (Å²) in [6.45, 7) is 3.26. The zero-order valence-electron chi connectivity index (χ0n) is 33.7. The van der Waals surface area contributed by atoms with E-state index in [1.54, 1.807) is 12.2 Å². The largest absolute Gasteiger partial charge is 0.472 e. The first-order chi connectivity index (χ1) is 26.5. The molecule has 320 valence electrons. The van der Waals surface area contributed by atoms with Gasteiger partial charge in [0.1, 0.15) is 6.61 Å². The fraction of sp³-hybridized carbons (Fsp3) is 0.805. The highest BCUT2D eigenvalue weighted by atomic mass is 31.2. The Morgan fingerprint density at radius 1 is 0.818 bits per heavy atom. The summed E-state index contributed by atoms with van der Waals surface area (Å²) in [5.41, 5.74) is 5.33. The lowest BCUT2D eigenvalue weighted by Gasteiger charge is -2.36. The van der Waals surface area contributed by atoms with Crippen LogP contribution < -0.4 is 5.73 Å². The number of carbonyl (C=O) groups is 2. The number of hydrogen-bond donors (Lipinski definition) is 5. The smallest absolute Gasteiger partial charge is 0.462 e. The Hall–Kier alpha value is -1.93. The molecular formula is C41H74NO12P. The lowest BCUT2D eigenvalue weighted by atomic mass is 9.87. The molecule has 7 atom stereocenters. The highest BCUT2D eigenvalue weighted by molar-refractivity contribution is 7.47. The minimum atomic E-state index is -4.45. The van der Waals surface area contributed by atoms with Crippen LogP contribution >= 0.6 is 7.82 Å². The number of aliphatic hydroxyl groups excluding tert-OH is 3. The van der Waals surface area contributed by atoms with Crippen LogP contribution in [0.4, 0.5) is 0 Å². The summed E-state index contributed by atoms with van der Waals surface area (Å²) in [5, 5.41) is 30.9. The van der Waals surface area contributed by atoms with Crippen molar-refractivity contribution in [3.8, 4) is 0 Å². The normalized spacial score (nSPS) is 21.3. The van der Waals surface area contributed by atoms with Gasteiger partial charge in [-0.3, -0.25) is 18.6 Å². The van der Waals surface area contributed by atoms with Crippen LogP contribution in [-0.4, -0.2) is 89.2 Å². The summed E-state index contributed by atoms with van der Waals surface area (Å²) in [4.78, 5) is 35.0. The van der Waals surface area contributed by atoms with Crippen molar-refractivity contribution in [3.63, 3.8) is 0 Å². The molecule has 0 amide bonds. The number of nitrogens with two attached hydrogens (primary N) is 1. The zero-order chi connectivity index (χ0) is 40.6. The number of allylic oxidation sites excluding steroid dienone is 4. The zero-order valence-corrected chi connectivity index (χ0v) is 34.6. The maximum absolute atomic E-state index is 12.7. The topological polar surface area (TPSA) is 204 Å². The van der Waals surface area contributed by atoms with E-state index in [2.05, 4.69) is 26.0 Å². The molecule has 0 aromatic heterocycles. The van der Waals surface area contributed by atoms with Gasteiger partial charge in [0.2, 0.25) is 0 Å². The number of aliphatic hydroxyl groups is 3. The third kappa shape index (κ3) is 28.2. The number of phosphoric acid groups is 1. The number of unbranched alkanes of at least 4 members (excludes halogenated alkanes) is 12. The second-order valence-electron chi connectivity index (χ2n) is 14.4. The molecule has 6 N–H and O–H groups in total. The molecule has 1 fully saturated rings. The molecule has 55 heavy (non-hydrogen) atoms. The highest BCUT2D eigenvalue weighted by Crippen LogP contribution is 2.43. The van der Waals surface area contributed by atoms with E-state index >= 15 is 0 Å². The number of hydrogen-bond acceptors (Lipinski definition) is 12. The minimum absolute atomic E-state index is 0.00766. The molecule has 0 saturated carbocycles. The van der Waals surface area contributed by atoms with E-state index in [0.29, 0.717) is 32.1 Å². The van der Waals surface area contributed by atoms with Crippen molar-refractivity contribution in [1.82, 2.24) is 0 Å². The standard InChI is InChI=1S/C41H74NO12P/c1-3-5-7-8-9-10-11-12-13-14-15-16-21-25-39(45)50-32-35(33-52-55(48,49)51-30-29-42)53-40(46)26-22-18-17-20-24-36-37(44)31-41(47)54-38(36)28-27-34(43)23-19-6-4-2/h10-11,17,20,27-28,34-38,41,43-44,47H,3-9,12-16,18-19,21-26,29-33,42H2,1-2H3,(H,48,49)/b11-10-,20-17-,28-27+/t34-,35+,36-,37-,38+,41?/m0/s1. The Balaban J connectivity index is 2.49.